The van der Waals surface area contributed by atoms with Crippen molar-refractivity contribution in [3.63, 3.8) is 0 Å². The summed E-state index contributed by atoms with van der Waals surface area (Å²) in [7, 11) is 0. The number of halogens is 8. The summed E-state index contributed by atoms with van der Waals surface area (Å²) >= 11 is 0. The topological polar surface area (TPSA) is 52.0 Å². The fourth-order valence-corrected chi connectivity index (χ4v) is 1.92. The van der Waals surface area contributed by atoms with E-state index in [0.717, 1.165) is 0 Å². The second-order valence-electron chi connectivity index (χ2n) is 4.49. The molecule has 1 aromatic rings. The summed E-state index contributed by atoms with van der Waals surface area (Å²) in [6.45, 7) is 0. The number of alkyl halides is 1. The highest BCUT2D eigenvalue weighted by atomic mass is 19.2. The molecule has 1 atom stereocenters. The van der Waals surface area contributed by atoms with Crippen LogP contribution in [0.5, 0.6) is 0 Å². The first-order valence-corrected chi connectivity index (χ1v) is 5.52. The van der Waals surface area contributed by atoms with Crippen LogP contribution in [0.3, 0.4) is 0 Å². The van der Waals surface area contributed by atoms with Gasteiger partial charge in [-0.05, 0) is 0 Å². The molecule has 1 aliphatic carbocycles. The smallest absolute Gasteiger partial charge is 0.195 e. The van der Waals surface area contributed by atoms with Gasteiger partial charge in [-0.1, -0.05) is 0 Å². The minimum absolute atomic E-state index is 0.220. The molecule has 0 saturated carbocycles. The molecule has 22 heavy (non-hydrogen) atoms. The summed E-state index contributed by atoms with van der Waals surface area (Å²) in [5, 5.41) is 0. The zero-order valence-corrected chi connectivity index (χ0v) is 10.3. The highest BCUT2D eigenvalue weighted by Crippen LogP contribution is 2.44. The Morgan fingerprint density at radius 1 is 0.818 bits per heavy atom. The van der Waals surface area contributed by atoms with Crippen LogP contribution in [0.1, 0.15) is 5.56 Å². The van der Waals surface area contributed by atoms with E-state index in [2.05, 4.69) is 0 Å². The van der Waals surface area contributed by atoms with E-state index in [1.54, 1.807) is 0 Å². The molecule has 0 radical (unpaired) electrons. The predicted octanol–water partition coefficient (Wildman–Crippen LogP) is 3.04. The van der Waals surface area contributed by atoms with Crippen molar-refractivity contribution in [3.05, 3.63) is 52.4 Å². The molecule has 1 unspecified atom stereocenters. The lowest BCUT2D eigenvalue weighted by Gasteiger charge is -2.32. The lowest BCUT2D eigenvalue weighted by molar-refractivity contribution is 0.229. The molecule has 0 aromatic heterocycles. The molecule has 2 nitrogen and oxygen atoms in total. The van der Waals surface area contributed by atoms with Crippen molar-refractivity contribution in [2.24, 2.45) is 11.5 Å². The third-order valence-electron chi connectivity index (χ3n) is 3.06. The van der Waals surface area contributed by atoms with Crippen LogP contribution in [0.15, 0.2) is 23.5 Å². The van der Waals surface area contributed by atoms with Gasteiger partial charge in [-0.2, -0.15) is 0 Å². The molecule has 0 amide bonds. The first kappa shape index (κ1) is 16.4. The molecule has 0 fully saturated rings. The highest BCUT2D eigenvalue weighted by molar-refractivity contribution is 5.77. The SMILES string of the molecule is NC1(N)C(F)=C(F)C(F)=C(c2c(F)cc(F)c(F)c2F)C1F. The van der Waals surface area contributed by atoms with Crippen molar-refractivity contribution >= 4 is 5.57 Å². The zero-order valence-electron chi connectivity index (χ0n) is 10.3. The molecule has 1 aromatic carbocycles. The van der Waals surface area contributed by atoms with Crippen molar-refractivity contribution in [2.75, 3.05) is 0 Å². The van der Waals surface area contributed by atoms with Gasteiger partial charge in [-0.15, -0.1) is 0 Å². The van der Waals surface area contributed by atoms with Crippen LogP contribution in [-0.4, -0.2) is 11.8 Å². The van der Waals surface area contributed by atoms with Crippen molar-refractivity contribution in [1.82, 2.24) is 0 Å². The molecule has 10 heteroatoms. The molecule has 0 spiro atoms. The van der Waals surface area contributed by atoms with Gasteiger partial charge in [0.05, 0.1) is 5.56 Å². The van der Waals surface area contributed by atoms with Gasteiger partial charge in [0.15, 0.2) is 46.8 Å². The molecule has 0 bridgehead atoms. The first-order valence-electron chi connectivity index (χ1n) is 5.52. The quantitative estimate of drug-likeness (QED) is 0.360. The molecular weight excluding hydrogens is 324 g/mol. The first-order chi connectivity index (χ1) is 10.0. The number of allylic oxidation sites excluding steroid dienone is 2. The molecular formula is C12H6F8N2. The fraction of sp³-hybridized carbons (Fsp3) is 0.167. The summed E-state index contributed by atoms with van der Waals surface area (Å²) in [4.78, 5) is 0. The van der Waals surface area contributed by atoms with E-state index >= 15 is 0 Å². The number of benzene rings is 1. The maximum Gasteiger partial charge on any atom is 0.195 e. The second-order valence-corrected chi connectivity index (χ2v) is 4.49. The van der Waals surface area contributed by atoms with E-state index in [9.17, 15) is 35.1 Å². The molecule has 120 valence electrons. The van der Waals surface area contributed by atoms with Crippen LogP contribution < -0.4 is 11.5 Å². The number of hydrogen-bond acceptors (Lipinski definition) is 2. The summed E-state index contributed by atoms with van der Waals surface area (Å²) in [6.07, 6.45) is -3.17. The van der Waals surface area contributed by atoms with E-state index in [1.165, 1.54) is 0 Å². The Kier molecular flexibility index (Phi) is 3.78. The van der Waals surface area contributed by atoms with Crippen molar-refractivity contribution in [3.8, 4) is 0 Å². The number of hydrogen-bond donors (Lipinski definition) is 2. The van der Waals surface area contributed by atoms with Gasteiger partial charge in [0.1, 0.15) is 5.82 Å². The minimum atomic E-state index is -3.28. The summed E-state index contributed by atoms with van der Waals surface area (Å²) in [5.41, 5.74) is 3.02. The Labute approximate surface area is 117 Å². The predicted molar refractivity (Wildman–Crippen MR) is 59.5 cm³/mol. The standard InChI is InChI=1S/C12H6F8N2/c13-2-1-3(14)6(15)7(16)4(2)5-8(17)9(18)11(20)12(21,22)10(5)19/h1,10H,21-22H2. The minimum Gasteiger partial charge on any atom is -0.305 e. The van der Waals surface area contributed by atoms with Crippen molar-refractivity contribution < 1.29 is 35.1 Å². The molecule has 1 aliphatic rings. The van der Waals surface area contributed by atoms with Crippen molar-refractivity contribution in [1.29, 1.82) is 0 Å². The lowest BCUT2D eigenvalue weighted by atomic mass is 9.86. The summed E-state index contributed by atoms with van der Waals surface area (Å²) < 4.78 is 107. The number of nitrogens with two attached hydrogens (primary N) is 2. The second kappa shape index (κ2) is 5.06. The molecule has 0 heterocycles. The Morgan fingerprint density at radius 3 is 1.91 bits per heavy atom. The normalized spacial score (nSPS) is 21.6. The Morgan fingerprint density at radius 2 is 1.36 bits per heavy atom. The Bertz CT molecular complexity index is 722. The van der Waals surface area contributed by atoms with E-state index < -0.39 is 63.7 Å². The third kappa shape index (κ3) is 2.10. The summed E-state index contributed by atoms with van der Waals surface area (Å²) in [6, 6.07) is -0.220. The maximum absolute atomic E-state index is 14.0. The van der Waals surface area contributed by atoms with Crippen LogP contribution in [0.2, 0.25) is 0 Å². The van der Waals surface area contributed by atoms with Gasteiger partial charge in [0, 0.05) is 11.6 Å². The van der Waals surface area contributed by atoms with Gasteiger partial charge in [-0.25, -0.2) is 35.1 Å². The van der Waals surface area contributed by atoms with Crippen molar-refractivity contribution in [2.45, 2.75) is 11.8 Å². The van der Waals surface area contributed by atoms with Gasteiger partial charge >= 0.3 is 0 Å². The Hall–Kier alpha value is -1.94. The molecule has 0 aliphatic heterocycles. The van der Waals surface area contributed by atoms with E-state index in [0.29, 0.717) is 0 Å². The Balaban J connectivity index is 2.85. The molecule has 4 N–H and O–H groups in total. The largest absolute Gasteiger partial charge is 0.305 e. The highest BCUT2D eigenvalue weighted by Gasteiger charge is 2.49. The van der Waals surface area contributed by atoms with E-state index in [-0.39, 0.29) is 6.07 Å². The average molecular weight is 330 g/mol. The van der Waals surface area contributed by atoms with Crippen LogP contribution in [-0.2, 0) is 0 Å². The van der Waals surface area contributed by atoms with Gasteiger partial charge in [-0.3, -0.25) is 0 Å². The van der Waals surface area contributed by atoms with Crippen LogP contribution in [0.4, 0.5) is 35.1 Å². The molecule has 0 saturated heterocycles. The maximum atomic E-state index is 14.0. The third-order valence-corrected chi connectivity index (χ3v) is 3.06. The lowest BCUT2D eigenvalue weighted by Crippen LogP contribution is -2.59. The summed E-state index contributed by atoms with van der Waals surface area (Å²) in [5.74, 6) is -15.5. The fourth-order valence-electron chi connectivity index (χ4n) is 1.92. The average Bonchev–Trinajstić information content (AvgIpc) is 2.45. The van der Waals surface area contributed by atoms with Gasteiger partial charge < -0.3 is 11.5 Å². The van der Waals surface area contributed by atoms with E-state index in [1.807, 2.05) is 0 Å². The van der Waals surface area contributed by atoms with Gasteiger partial charge in [0.2, 0.25) is 0 Å². The van der Waals surface area contributed by atoms with E-state index in [4.69, 9.17) is 11.5 Å². The van der Waals surface area contributed by atoms with Gasteiger partial charge in [0.25, 0.3) is 0 Å². The van der Waals surface area contributed by atoms with Crippen LogP contribution in [0, 0.1) is 23.3 Å². The van der Waals surface area contributed by atoms with Crippen LogP contribution >= 0.6 is 0 Å². The molecule has 2 rings (SSSR count). The van der Waals surface area contributed by atoms with Crippen LogP contribution in [0.25, 0.3) is 5.57 Å². The zero-order chi connectivity index (χ0) is 17.0. The monoisotopic (exact) mass is 330 g/mol. The number of rotatable bonds is 1.